The second kappa shape index (κ2) is 10.1. The molecule has 2 aromatic heterocycles. The molecule has 8 heteroatoms. The Morgan fingerprint density at radius 1 is 0.974 bits per heavy atom. The number of carbonyl (C=O) groups is 2. The van der Waals surface area contributed by atoms with Crippen molar-refractivity contribution in [1.82, 2.24) is 14.4 Å². The highest BCUT2D eigenvalue weighted by molar-refractivity contribution is 6.04. The minimum atomic E-state index is -1.04. The Balaban J connectivity index is 1.48. The van der Waals surface area contributed by atoms with Crippen molar-refractivity contribution in [3.8, 4) is 11.3 Å². The summed E-state index contributed by atoms with van der Waals surface area (Å²) in [5.74, 6) is -0.823. The molecule has 2 heterocycles. The predicted molar refractivity (Wildman–Crippen MR) is 153 cm³/mol. The Labute approximate surface area is 226 Å². The quantitative estimate of drug-likeness (QED) is 0.230. The van der Waals surface area contributed by atoms with Crippen LogP contribution in [0.5, 0.6) is 0 Å². The number of carboxylic acids is 1. The average Bonchev–Trinajstić information content (AvgIpc) is 3.39. The molecule has 0 aliphatic rings. The van der Waals surface area contributed by atoms with E-state index in [1.165, 1.54) is 6.07 Å². The maximum absolute atomic E-state index is 13.0. The summed E-state index contributed by atoms with van der Waals surface area (Å²) in [5.41, 5.74) is 5.90. The number of para-hydroxylation sites is 1. The SMILES string of the molecule is Cc1ccc(NC(=O)c2ccc(C(C)(C)C)cc2)cc1-c1cn2ccnc2c(Nc2ccccc2C(=O)O)n1. The van der Waals surface area contributed by atoms with E-state index in [2.05, 4.69) is 36.4 Å². The van der Waals surface area contributed by atoms with Crippen LogP contribution in [0.15, 0.2) is 85.3 Å². The molecule has 0 aliphatic heterocycles. The molecular weight excluding hydrogens is 490 g/mol. The number of aromatic carboxylic acids is 1. The third-order valence-corrected chi connectivity index (χ3v) is 6.57. The maximum Gasteiger partial charge on any atom is 0.337 e. The van der Waals surface area contributed by atoms with Gasteiger partial charge in [0, 0.05) is 35.4 Å². The van der Waals surface area contributed by atoms with Gasteiger partial charge in [0.05, 0.1) is 16.9 Å². The van der Waals surface area contributed by atoms with E-state index in [4.69, 9.17) is 4.98 Å². The molecule has 0 saturated carbocycles. The van der Waals surface area contributed by atoms with Crippen LogP contribution in [0.1, 0.15) is 52.6 Å². The topological polar surface area (TPSA) is 109 Å². The number of carbonyl (C=O) groups excluding carboxylic acids is 1. The van der Waals surface area contributed by atoms with E-state index < -0.39 is 5.97 Å². The zero-order valence-electron chi connectivity index (χ0n) is 22.2. The van der Waals surface area contributed by atoms with Crippen LogP contribution in [-0.2, 0) is 5.41 Å². The first-order valence-electron chi connectivity index (χ1n) is 12.6. The Bertz CT molecular complexity index is 1700. The zero-order valence-corrected chi connectivity index (χ0v) is 22.2. The number of hydrogen-bond donors (Lipinski definition) is 3. The minimum Gasteiger partial charge on any atom is -0.478 e. The molecule has 0 atom stereocenters. The Morgan fingerprint density at radius 2 is 1.72 bits per heavy atom. The van der Waals surface area contributed by atoms with E-state index in [0.29, 0.717) is 34.1 Å². The number of rotatable bonds is 6. The fraction of sp³-hybridized carbons (Fsp3) is 0.161. The van der Waals surface area contributed by atoms with Crippen molar-refractivity contribution >= 4 is 34.7 Å². The first-order chi connectivity index (χ1) is 18.6. The number of hydrogen-bond acceptors (Lipinski definition) is 5. The van der Waals surface area contributed by atoms with Gasteiger partial charge in [-0.1, -0.05) is 51.1 Å². The third-order valence-electron chi connectivity index (χ3n) is 6.57. The lowest BCUT2D eigenvalue weighted by atomic mass is 9.87. The number of nitrogens with one attached hydrogen (secondary N) is 2. The van der Waals surface area contributed by atoms with Gasteiger partial charge in [-0.2, -0.15) is 0 Å². The fourth-order valence-electron chi connectivity index (χ4n) is 4.35. The molecule has 0 spiro atoms. The van der Waals surface area contributed by atoms with E-state index in [9.17, 15) is 14.7 Å². The smallest absolute Gasteiger partial charge is 0.337 e. The molecule has 0 radical (unpaired) electrons. The molecule has 5 rings (SSSR count). The first kappa shape index (κ1) is 25.7. The summed E-state index contributed by atoms with van der Waals surface area (Å²) in [7, 11) is 0. The second-order valence-corrected chi connectivity index (χ2v) is 10.4. The van der Waals surface area contributed by atoms with Gasteiger partial charge in [-0.05, 0) is 59.9 Å². The standard InChI is InChI=1S/C31H29N5O3/c1-19-9-14-22(33-29(37)20-10-12-21(13-11-20)31(2,3)4)17-24(19)26-18-36-16-15-32-28(36)27(35-26)34-25-8-6-5-7-23(25)30(38)39/h5-18H,1-4H3,(H,33,37)(H,34,35)(H,38,39). The van der Waals surface area contributed by atoms with Crippen molar-refractivity contribution in [3.05, 3.63) is 108 Å². The van der Waals surface area contributed by atoms with Gasteiger partial charge in [-0.25, -0.2) is 14.8 Å². The highest BCUT2D eigenvalue weighted by Crippen LogP contribution is 2.30. The molecule has 3 aromatic carbocycles. The van der Waals surface area contributed by atoms with Gasteiger partial charge in [0.15, 0.2) is 11.5 Å². The first-order valence-corrected chi connectivity index (χ1v) is 12.6. The van der Waals surface area contributed by atoms with E-state index in [1.807, 2.05) is 60.0 Å². The lowest BCUT2D eigenvalue weighted by Gasteiger charge is -2.19. The lowest BCUT2D eigenvalue weighted by molar-refractivity contribution is 0.0697. The van der Waals surface area contributed by atoms with Gasteiger partial charge in [-0.15, -0.1) is 0 Å². The van der Waals surface area contributed by atoms with E-state index in [0.717, 1.165) is 16.7 Å². The van der Waals surface area contributed by atoms with Gasteiger partial charge in [0.2, 0.25) is 0 Å². The summed E-state index contributed by atoms with van der Waals surface area (Å²) in [5, 5.41) is 15.7. The number of anilines is 3. The van der Waals surface area contributed by atoms with Crippen LogP contribution in [0.2, 0.25) is 0 Å². The molecule has 8 nitrogen and oxygen atoms in total. The van der Waals surface area contributed by atoms with Crippen molar-refractivity contribution in [2.75, 3.05) is 10.6 Å². The van der Waals surface area contributed by atoms with Gasteiger partial charge in [0.1, 0.15) is 0 Å². The molecule has 39 heavy (non-hydrogen) atoms. The van der Waals surface area contributed by atoms with Gasteiger partial charge in [0.25, 0.3) is 5.91 Å². The molecule has 0 fully saturated rings. The second-order valence-electron chi connectivity index (χ2n) is 10.4. The molecule has 0 bridgehead atoms. The number of fused-ring (bicyclic) bond motifs is 1. The van der Waals surface area contributed by atoms with E-state index in [1.54, 1.807) is 30.6 Å². The number of aryl methyl sites for hydroxylation is 1. The molecule has 196 valence electrons. The van der Waals surface area contributed by atoms with Gasteiger partial charge >= 0.3 is 5.97 Å². The normalized spacial score (nSPS) is 11.4. The highest BCUT2D eigenvalue weighted by atomic mass is 16.4. The van der Waals surface area contributed by atoms with Crippen LogP contribution in [0.4, 0.5) is 17.2 Å². The lowest BCUT2D eigenvalue weighted by Crippen LogP contribution is -2.14. The van der Waals surface area contributed by atoms with E-state index in [-0.39, 0.29) is 16.9 Å². The number of amides is 1. The highest BCUT2D eigenvalue weighted by Gasteiger charge is 2.17. The molecule has 0 saturated heterocycles. The summed E-state index contributed by atoms with van der Waals surface area (Å²) in [6.45, 7) is 8.38. The van der Waals surface area contributed by atoms with Crippen molar-refractivity contribution in [3.63, 3.8) is 0 Å². The number of imidazole rings is 1. The molecule has 0 aliphatic carbocycles. The summed E-state index contributed by atoms with van der Waals surface area (Å²) < 4.78 is 1.83. The number of nitrogens with zero attached hydrogens (tertiary/aromatic N) is 3. The van der Waals surface area contributed by atoms with Crippen LogP contribution < -0.4 is 10.6 Å². The monoisotopic (exact) mass is 519 g/mol. The largest absolute Gasteiger partial charge is 0.478 e. The number of carboxylic acid groups (broad SMARTS) is 1. The summed E-state index contributed by atoms with van der Waals surface area (Å²) in [4.78, 5) is 33.9. The number of benzene rings is 3. The maximum atomic E-state index is 13.0. The van der Waals surface area contributed by atoms with Crippen molar-refractivity contribution in [2.45, 2.75) is 33.1 Å². The van der Waals surface area contributed by atoms with Crippen LogP contribution in [0.3, 0.4) is 0 Å². The van der Waals surface area contributed by atoms with Gasteiger partial charge in [-0.3, -0.25) is 4.79 Å². The number of aromatic nitrogens is 3. The summed E-state index contributed by atoms with van der Waals surface area (Å²) in [6.07, 6.45) is 5.32. The predicted octanol–water partition coefficient (Wildman–Crippen LogP) is 6.70. The summed E-state index contributed by atoms with van der Waals surface area (Å²) >= 11 is 0. The van der Waals surface area contributed by atoms with Crippen molar-refractivity contribution < 1.29 is 14.7 Å². The fourth-order valence-corrected chi connectivity index (χ4v) is 4.35. The third kappa shape index (κ3) is 5.36. The van der Waals surface area contributed by atoms with Crippen molar-refractivity contribution in [1.29, 1.82) is 0 Å². The van der Waals surface area contributed by atoms with Crippen molar-refractivity contribution in [2.24, 2.45) is 0 Å². The molecule has 0 unspecified atom stereocenters. The molecular formula is C31H29N5O3. The Hall–Kier alpha value is -4.98. The molecule has 5 aromatic rings. The van der Waals surface area contributed by atoms with Crippen LogP contribution in [-0.4, -0.2) is 31.4 Å². The van der Waals surface area contributed by atoms with Gasteiger partial charge < -0.3 is 20.1 Å². The van der Waals surface area contributed by atoms with Crippen LogP contribution >= 0.6 is 0 Å². The Morgan fingerprint density at radius 3 is 2.44 bits per heavy atom. The molecule has 3 N–H and O–H groups in total. The van der Waals surface area contributed by atoms with Crippen LogP contribution in [0, 0.1) is 6.92 Å². The zero-order chi connectivity index (χ0) is 27.7. The molecule has 1 amide bonds. The van der Waals surface area contributed by atoms with Crippen LogP contribution in [0.25, 0.3) is 16.9 Å². The average molecular weight is 520 g/mol. The Kier molecular flexibility index (Phi) is 6.62. The minimum absolute atomic E-state index is 0.00756. The van der Waals surface area contributed by atoms with E-state index >= 15 is 0 Å². The summed E-state index contributed by atoms with van der Waals surface area (Å²) in [6, 6.07) is 20.0.